The molecule has 2 atom stereocenters. The maximum Gasteiger partial charge on any atom is 0.340 e. The molecule has 2 unspecified atom stereocenters. The summed E-state index contributed by atoms with van der Waals surface area (Å²) in [7, 11) is 0. The Morgan fingerprint density at radius 3 is 0.887 bits per heavy atom. The molecule has 0 saturated heterocycles. The van der Waals surface area contributed by atoms with Crippen molar-refractivity contribution in [1.29, 1.82) is 0 Å². The lowest BCUT2D eigenvalue weighted by molar-refractivity contribution is -0.183. The van der Waals surface area contributed by atoms with E-state index in [1.165, 1.54) is 288 Å². The summed E-state index contributed by atoms with van der Waals surface area (Å²) in [5.74, 6) is -6.40. The number of carbonyl (C=O) groups excluding carboxylic acids is 4. The second kappa shape index (κ2) is 58.1. The van der Waals surface area contributed by atoms with Crippen molar-refractivity contribution in [3.8, 4) is 0 Å². The molecular weight excluding hydrogens is 997 g/mol. The van der Waals surface area contributed by atoms with Gasteiger partial charge in [0.2, 0.25) is 5.78 Å². The molecule has 0 aliphatic carbocycles. The van der Waals surface area contributed by atoms with Crippen molar-refractivity contribution in [2.75, 3.05) is 19.8 Å². The largest absolute Gasteiger partial charge is 0.466 e. The SMILES string of the molecule is CCCCCCCCCCCCCCCCCCCCOC(=O)CC(O)(C(=O)OCCCCCCCCCCCCCCCCCCCC)C(C(=O)OCCCCCCCCCCCCCCCCCCCC)C(=O)c1ccco1. The smallest absolute Gasteiger partial charge is 0.340 e. The van der Waals surface area contributed by atoms with Gasteiger partial charge in [0, 0.05) is 0 Å². The molecule has 1 N–H and O–H groups in total. The van der Waals surface area contributed by atoms with Gasteiger partial charge in [-0.05, 0) is 31.4 Å². The van der Waals surface area contributed by atoms with Gasteiger partial charge in [0.1, 0.15) is 0 Å². The highest BCUT2D eigenvalue weighted by Gasteiger charge is 2.56. The first kappa shape index (κ1) is 75.3. The summed E-state index contributed by atoms with van der Waals surface area (Å²) in [6.45, 7) is 6.94. The summed E-state index contributed by atoms with van der Waals surface area (Å²) >= 11 is 0. The zero-order valence-corrected chi connectivity index (χ0v) is 53.0. The van der Waals surface area contributed by atoms with Gasteiger partial charge in [0.05, 0.1) is 32.5 Å². The number of ketones is 1. The van der Waals surface area contributed by atoms with Crippen molar-refractivity contribution in [3.05, 3.63) is 24.2 Å². The molecule has 0 fully saturated rings. The fourth-order valence-electron chi connectivity index (χ4n) is 11.4. The molecule has 1 heterocycles. The Labute approximate surface area is 493 Å². The summed E-state index contributed by atoms with van der Waals surface area (Å²) in [6, 6.07) is 2.87. The van der Waals surface area contributed by atoms with E-state index in [2.05, 4.69) is 20.8 Å². The molecule has 0 saturated carbocycles. The van der Waals surface area contributed by atoms with Gasteiger partial charge >= 0.3 is 17.9 Å². The quantitative estimate of drug-likeness (QED) is 0.0223. The van der Waals surface area contributed by atoms with Crippen molar-refractivity contribution in [2.24, 2.45) is 5.92 Å². The molecule has 9 nitrogen and oxygen atoms in total. The number of rotatable bonds is 64. The van der Waals surface area contributed by atoms with Crippen LogP contribution in [0.1, 0.15) is 384 Å². The monoisotopic (exact) mass is 1130 g/mol. The van der Waals surface area contributed by atoms with Gasteiger partial charge in [-0.3, -0.25) is 14.4 Å². The van der Waals surface area contributed by atoms with Crippen molar-refractivity contribution >= 4 is 23.7 Å². The molecule has 9 heteroatoms. The number of carbonyl (C=O) groups is 4. The lowest BCUT2D eigenvalue weighted by atomic mass is 9.80. The first-order chi connectivity index (χ1) is 39.3. The molecule has 1 rings (SSSR count). The maximum absolute atomic E-state index is 14.1. The van der Waals surface area contributed by atoms with Gasteiger partial charge in [-0.15, -0.1) is 0 Å². The van der Waals surface area contributed by atoms with Crippen LogP contribution in [-0.2, 0) is 28.6 Å². The van der Waals surface area contributed by atoms with Crippen molar-refractivity contribution in [1.82, 2.24) is 0 Å². The van der Waals surface area contributed by atoms with Crippen LogP contribution in [0.5, 0.6) is 0 Å². The second-order valence-electron chi connectivity index (χ2n) is 24.4. The van der Waals surface area contributed by atoms with E-state index in [1.54, 1.807) is 0 Å². The minimum Gasteiger partial charge on any atom is -0.466 e. The van der Waals surface area contributed by atoms with E-state index in [-0.39, 0.29) is 25.6 Å². The van der Waals surface area contributed by atoms with Gasteiger partial charge in [0.15, 0.2) is 17.3 Å². The van der Waals surface area contributed by atoms with Crippen LogP contribution in [0.2, 0.25) is 0 Å². The van der Waals surface area contributed by atoms with E-state index >= 15 is 0 Å². The Morgan fingerprint density at radius 1 is 0.375 bits per heavy atom. The standard InChI is InChI=1S/C71H130O9/c1-4-7-10-13-16-19-22-25-28-31-34-37-40-43-46-49-52-55-60-78-66(72)64-71(76,70(75)80-62-57-54-51-48-45-42-39-36-33-30-27-24-21-18-15-12-9-6-3)67(68(73)65-59-58-63-77-65)69(74)79-61-56-53-50-47-44-41-38-35-32-29-26-23-20-17-14-11-8-5-2/h58-59,63,67,76H,4-57,60-62,64H2,1-3H3. The average molecular weight is 1130 g/mol. The number of furan rings is 1. The minimum absolute atomic E-state index is 0.00966. The normalized spacial score (nSPS) is 12.7. The van der Waals surface area contributed by atoms with Crippen LogP contribution in [0.4, 0.5) is 0 Å². The van der Waals surface area contributed by atoms with Gasteiger partial charge < -0.3 is 23.7 Å². The Balaban J connectivity index is 2.62. The molecule has 0 aliphatic rings. The first-order valence-corrected chi connectivity index (χ1v) is 35.1. The van der Waals surface area contributed by atoms with E-state index in [1.807, 2.05) is 0 Å². The van der Waals surface area contributed by atoms with Gasteiger partial charge in [-0.2, -0.15) is 0 Å². The lowest BCUT2D eigenvalue weighted by Gasteiger charge is -2.30. The highest BCUT2D eigenvalue weighted by molar-refractivity contribution is 6.12. The van der Waals surface area contributed by atoms with E-state index < -0.39 is 41.6 Å². The number of hydrogen-bond donors (Lipinski definition) is 1. The molecule has 1 aromatic heterocycles. The zero-order valence-electron chi connectivity index (χ0n) is 53.0. The lowest BCUT2D eigenvalue weighted by Crippen LogP contribution is -2.55. The molecule has 0 aliphatic heterocycles. The maximum atomic E-state index is 14.1. The van der Waals surface area contributed by atoms with E-state index in [4.69, 9.17) is 18.6 Å². The predicted molar refractivity (Wildman–Crippen MR) is 335 cm³/mol. The third-order valence-corrected chi connectivity index (χ3v) is 16.7. The number of unbranched alkanes of at least 4 members (excludes halogenated alkanes) is 51. The van der Waals surface area contributed by atoms with E-state index in [0.717, 1.165) is 57.8 Å². The van der Waals surface area contributed by atoms with Gasteiger partial charge in [-0.25, -0.2) is 4.79 Å². The third-order valence-electron chi connectivity index (χ3n) is 16.7. The second-order valence-corrected chi connectivity index (χ2v) is 24.4. The molecule has 80 heavy (non-hydrogen) atoms. The van der Waals surface area contributed by atoms with Crippen LogP contribution in [0, 0.1) is 5.92 Å². The fraction of sp³-hybridized carbons (Fsp3) is 0.887. The molecule has 0 aromatic carbocycles. The Morgan fingerprint density at radius 2 is 0.625 bits per heavy atom. The van der Waals surface area contributed by atoms with Gasteiger partial charge in [-0.1, -0.05) is 348 Å². The van der Waals surface area contributed by atoms with E-state index in [9.17, 15) is 24.3 Å². The first-order valence-electron chi connectivity index (χ1n) is 35.1. The summed E-state index contributed by atoms with van der Waals surface area (Å²) < 4.78 is 22.3. The average Bonchev–Trinajstić information content (AvgIpc) is 4.01. The van der Waals surface area contributed by atoms with Crippen LogP contribution >= 0.6 is 0 Å². The Hall–Kier alpha value is -2.68. The number of aliphatic hydroxyl groups is 1. The van der Waals surface area contributed by atoms with Crippen molar-refractivity contribution in [2.45, 2.75) is 380 Å². The molecule has 0 bridgehead atoms. The minimum atomic E-state index is -2.85. The van der Waals surface area contributed by atoms with Crippen LogP contribution in [0.3, 0.4) is 0 Å². The Kier molecular flexibility index (Phi) is 54.7. The summed E-state index contributed by atoms with van der Waals surface area (Å²) in [6.07, 6.45) is 67.3. The number of hydrogen-bond acceptors (Lipinski definition) is 9. The number of Topliss-reactive ketones (excluding diaryl/α,β-unsaturated/α-hetero) is 1. The topological polar surface area (TPSA) is 129 Å². The number of esters is 3. The molecule has 468 valence electrons. The molecule has 0 amide bonds. The fourth-order valence-corrected chi connectivity index (χ4v) is 11.4. The van der Waals surface area contributed by atoms with Crippen LogP contribution in [0.15, 0.2) is 22.8 Å². The van der Waals surface area contributed by atoms with Crippen LogP contribution in [-0.4, -0.2) is 54.2 Å². The number of ether oxygens (including phenoxy) is 3. The highest BCUT2D eigenvalue weighted by Crippen LogP contribution is 2.31. The van der Waals surface area contributed by atoms with E-state index in [0.29, 0.717) is 19.3 Å². The predicted octanol–water partition coefficient (Wildman–Crippen LogP) is 22.0. The zero-order chi connectivity index (χ0) is 57.9. The third kappa shape index (κ3) is 44.8. The highest BCUT2D eigenvalue weighted by atomic mass is 16.6. The van der Waals surface area contributed by atoms with Crippen molar-refractivity contribution in [3.63, 3.8) is 0 Å². The van der Waals surface area contributed by atoms with Crippen molar-refractivity contribution < 1.29 is 42.9 Å². The molecule has 1 aromatic rings. The van der Waals surface area contributed by atoms with Crippen LogP contribution < -0.4 is 0 Å². The molecular formula is C71H130O9. The van der Waals surface area contributed by atoms with Crippen LogP contribution in [0.25, 0.3) is 0 Å². The molecule has 0 radical (unpaired) electrons. The van der Waals surface area contributed by atoms with Gasteiger partial charge in [0.25, 0.3) is 0 Å². The summed E-state index contributed by atoms with van der Waals surface area (Å²) in [5.41, 5.74) is -2.85. The molecule has 0 spiro atoms. The Bertz CT molecular complexity index is 1490. The summed E-state index contributed by atoms with van der Waals surface area (Å²) in [4.78, 5) is 55.6. The summed E-state index contributed by atoms with van der Waals surface area (Å²) in [5, 5.41) is 12.3.